The standard InChI is InChI=1S/C15H17NO4/c17-14-6-5-11-3-1-2-4-13(11)16(14)9-15(18)20-12-7-8-19-10-12/h1-4,12H,5-10H2/t12-/m1/s1. The van der Waals surface area contributed by atoms with Gasteiger partial charge in [-0.15, -0.1) is 0 Å². The first kappa shape index (κ1) is 13.1. The fourth-order valence-corrected chi connectivity index (χ4v) is 2.63. The third-order valence-corrected chi connectivity index (χ3v) is 3.66. The number of fused-ring (bicyclic) bond motifs is 1. The van der Waals surface area contributed by atoms with Crippen molar-refractivity contribution in [3.8, 4) is 0 Å². The third-order valence-electron chi connectivity index (χ3n) is 3.66. The molecule has 0 aliphatic carbocycles. The second-order valence-corrected chi connectivity index (χ2v) is 5.08. The Hall–Kier alpha value is -1.88. The predicted molar refractivity (Wildman–Crippen MR) is 72.4 cm³/mol. The molecule has 5 nitrogen and oxygen atoms in total. The summed E-state index contributed by atoms with van der Waals surface area (Å²) >= 11 is 0. The van der Waals surface area contributed by atoms with Crippen LogP contribution in [0.2, 0.25) is 0 Å². The number of esters is 1. The van der Waals surface area contributed by atoms with Gasteiger partial charge >= 0.3 is 5.97 Å². The van der Waals surface area contributed by atoms with E-state index in [1.165, 1.54) is 4.90 Å². The van der Waals surface area contributed by atoms with Crippen molar-refractivity contribution in [2.75, 3.05) is 24.7 Å². The predicted octanol–water partition coefficient (Wildman–Crippen LogP) is 1.30. The lowest BCUT2D eigenvalue weighted by atomic mass is 10.0. The molecule has 1 saturated heterocycles. The summed E-state index contributed by atoms with van der Waals surface area (Å²) in [6, 6.07) is 7.69. The minimum absolute atomic E-state index is 0.0215. The van der Waals surface area contributed by atoms with Crippen LogP contribution >= 0.6 is 0 Å². The monoisotopic (exact) mass is 275 g/mol. The van der Waals surface area contributed by atoms with Crippen molar-refractivity contribution >= 4 is 17.6 Å². The smallest absolute Gasteiger partial charge is 0.326 e. The number of rotatable bonds is 3. The SMILES string of the molecule is O=C(CN1C(=O)CCc2ccccc21)O[C@@H]1CCOC1. The Balaban J connectivity index is 1.69. The number of carbonyl (C=O) groups is 2. The van der Waals surface area contributed by atoms with E-state index in [1.54, 1.807) is 0 Å². The summed E-state index contributed by atoms with van der Waals surface area (Å²) in [7, 11) is 0. The lowest BCUT2D eigenvalue weighted by Crippen LogP contribution is -2.40. The molecule has 2 heterocycles. The average Bonchev–Trinajstić information content (AvgIpc) is 2.95. The molecule has 20 heavy (non-hydrogen) atoms. The number of anilines is 1. The van der Waals surface area contributed by atoms with Crippen LogP contribution in [0.3, 0.4) is 0 Å². The van der Waals surface area contributed by atoms with Crippen molar-refractivity contribution in [2.24, 2.45) is 0 Å². The first-order valence-electron chi connectivity index (χ1n) is 6.89. The summed E-state index contributed by atoms with van der Waals surface area (Å²) in [5, 5.41) is 0. The van der Waals surface area contributed by atoms with Crippen LogP contribution in [0.15, 0.2) is 24.3 Å². The Labute approximate surface area is 117 Å². The van der Waals surface area contributed by atoms with Crippen LogP contribution in [-0.4, -0.2) is 37.7 Å². The highest BCUT2D eigenvalue weighted by molar-refractivity contribution is 6.00. The molecule has 1 fully saturated rings. The van der Waals surface area contributed by atoms with E-state index in [4.69, 9.17) is 9.47 Å². The van der Waals surface area contributed by atoms with Crippen LogP contribution in [-0.2, 0) is 25.5 Å². The third kappa shape index (κ3) is 2.67. The maximum absolute atomic E-state index is 12.0. The molecule has 0 aromatic heterocycles. The minimum atomic E-state index is -0.370. The molecule has 0 N–H and O–H groups in total. The molecule has 1 amide bonds. The van der Waals surface area contributed by atoms with Gasteiger partial charge in [-0.2, -0.15) is 0 Å². The highest BCUT2D eigenvalue weighted by Crippen LogP contribution is 2.27. The van der Waals surface area contributed by atoms with Crippen molar-refractivity contribution < 1.29 is 19.1 Å². The molecule has 106 valence electrons. The van der Waals surface area contributed by atoms with E-state index >= 15 is 0 Å². The molecule has 2 aliphatic heterocycles. The highest BCUT2D eigenvalue weighted by Gasteiger charge is 2.27. The average molecular weight is 275 g/mol. The molecule has 1 aromatic carbocycles. The molecule has 5 heteroatoms. The van der Waals surface area contributed by atoms with E-state index < -0.39 is 0 Å². The van der Waals surface area contributed by atoms with Crippen LogP contribution in [0.1, 0.15) is 18.4 Å². The first-order chi connectivity index (χ1) is 9.74. The Morgan fingerprint density at radius 1 is 1.35 bits per heavy atom. The molecule has 0 unspecified atom stereocenters. The van der Waals surface area contributed by atoms with E-state index in [-0.39, 0.29) is 24.5 Å². The Morgan fingerprint density at radius 2 is 2.20 bits per heavy atom. The molecule has 0 spiro atoms. The van der Waals surface area contributed by atoms with Gasteiger partial charge in [-0.25, -0.2) is 0 Å². The summed E-state index contributed by atoms with van der Waals surface area (Å²) < 4.78 is 10.5. The van der Waals surface area contributed by atoms with Crippen molar-refractivity contribution in [3.63, 3.8) is 0 Å². The van der Waals surface area contributed by atoms with E-state index in [9.17, 15) is 9.59 Å². The molecule has 0 bridgehead atoms. The number of nitrogens with zero attached hydrogens (tertiary/aromatic N) is 1. The highest BCUT2D eigenvalue weighted by atomic mass is 16.6. The van der Waals surface area contributed by atoms with Gasteiger partial charge in [-0.05, 0) is 18.1 Å². The molecule has 0 saturated carbocycles. The second-order valence-electron chi connectivity index (χ2n) is 5.08. The van der Waals surface area contributed by atoms with Crippen LogP contribution in [0, 0.1) is 0 Å². The van der Waals surface area contributed by atoms with Crippen LogP contribution in [0.25, 0.3) is 0 Å². The largest absolute Gasteiger partial charge is 0.458 e. The Bertz CT molecular complexity index is 522. The Kier molecular flexibility index (Phi) is 3.69. The number of para-hydroxylation sites is 1. The van der Waals surface area contributed by atoms with Gasteiger partial charge in [0.2, 0.25) is 5.91 Å². The topological polar surface area (TPSA) is 55.8 Å². The van der Waals surface area contributed by atoms with Crippen molar-refractivity contribution in [2.45, 2.75) is 25.4 Å². The zero-order chi connectivity index (χ0) is 13.9. The molecule has 1 aromatic rings. The summed E-state index contributed by atoms with van der Waals surface area (Å²) in [6.45, 7) is 1.06. The van der Waals surface area contributed by atoms with Crippen molar-refractivity contribution in [3.05, 3.63) is 29.8 Å². The van der Waals surface area contributed by atoms with Gasteiger partial charge in [-0.3, -0.25) is 9.59 Å². The Morgan fingerprint density at radius 3 is 3.00 bits per heavy atom. The molecule has 0 radical (unpaired) electrons. The first-order valence-corrected chi connectivity index (χ1v) is 6.89. The summed E-state index contributed by atoms with van der Waals surface area (Å²) in [5.74, 6) is -0.395. The summed E-state index contributed by atoms with van der Waals surface area (Å²) in [5.41, 5.74) is 1.92. The minimum Gasteiger partial charge on any atom is -0.458 e. The lowest BCUT2D eigenvalue weighted by molar-refractivity contribution is -0.148. The molecule has 3 rings (SSSR count). The molecular formula is C15H17NO4. The van der Waals surface area contributed by atoms with Gasteiger partial charge < -0.3 is 14.4 Å². The van der Waals surface area contributed by atoms with Crippen LogP contribution < -0.4 is 4.90 Å². The van der Waals surface area contributed by atoms with E-state index in [1.807, 2.05) is 24.3 Å². The number of aryl methyl sites for hydroxylation is 1. The van der Waals surface area contributed by atoms with Crippen LogP contribution in [0.5, 0.6) is 0 Å². The van der Waals surface area contributed by atoms with Gasteiger partial charge in [0.25, 0.3) is 0 Å². The van der Waals surface area contributed by atoms with Crippen molar-refractivity contribution in [1.29, 1.82) is 0 Å². The van der Waals surface area contributed by atoms with Crippen molar-refractivity contribution in [1.82, 2.24) is 0 Å². The maximum Gasteiger partial charge on any atom is 0.326 e. The molecule has 2 aliphatic rings. The number of benzene rings is 1. The quantitative estimate of drug-likeness (QED) is 0.780. The number of hydrogen-bond donors (Lipinski definition) is 0. The number of carbonyl (C=O) groups excluding carboxylic acids is 2. The summed E-state index contributed by atoms with van der Waals surface area (Å²) in [6.07, 6.45) is 1.74. The zero-order valence-electron chi connectivity index (χ0n) is 11.2. The van der Waals surface area contributed by atoms with Crippen LogP contribution in [0.4, 0.5) is 5.69 Å². The normalized spacial score (nSPS) is 21.7. The van der Waals surface area contributed by atoms with Gasteiger partial charge in [0.05, 0.1) is 13.2 Å². The van der Waals surface area contributed by atoms with Gasteiger partial charge in [-0.1, -0.05) is 18.2 Å². The fourth-order valence-electron chi connectivity index (χ4n) is 2.63. The zero-order valence-corrected chi connectivity index (χ0v) is 11.2. The van der Waals surface area contributed by atoms with E-state index in [0.29, 0.717) is 19.6 Å². The fraction of sp³-hybridized carbons (Fsp3) is 0.467. The lowest BCUT2D eigenvalue weighted by Gasteiger charge is -2.28. The number of hydrogen-bond acceptors (Lipinski definition) is 4. The maximum atomic E-state index is 12.0. The van der Waals surface area contributed by atoms with Gasteiger partial charge in [0, 0.05) is 18.5 Å². The molecular weight excluding hydrogens is 258 g/mol. The van der Waals surface area contributed by atoms with Gasteiger partial charge in [0.1, 0.15) is 12.6 Å². The second kappa shape index (κ2) is 5.63. The summed E-state index contributed by atoms with van der Waals surface area (Å²) in [4.78, 5) is 25.5. The number of ether oxygens (including phenoxy) is 2. The van der Waals surface area contributed by atoms with E-state index in [2.05, 4.69) is 0 Å². The van der Waals surface area contributed by atoms with E-state index in [0.717, 1.165) is 24.1 Å². The molecule has 1 atom stereocenters. The number of amides is 1. The van der Waals surface area contributed by atoms with Gasteiger partial charge in [0.15, 0.2) is 0 Å².